The van der Waals surface area contributed by atoms with Gasteiger partial charge in [0.15, 0.2) is 11.3 Å². The number of carbonyl (C=O) groups is 2. The van der Waals surface area contributed by atoms with Crippen molar-refractivity contribution in [1.82, 2.24) is 48.8 Å². The van der Waals surface area contributed by atoms with Crippen LogP contribution >= 0.6 is 54.5 Å². The average Bonchev–Trinajstić information content (AvgIpc) is 3.77. The summed E-state index contributed by atoms with van der Waals surface area (Å²) in [5.74, 6) is 0.892. The first-order chi connectivity index (χ1) is 26.5. The van der Waals surface area contributed by atoms with E-state index in [1.54, 1.807) is 9.03 Å². The molecule has 3 N–H and O–H groups in total. The Morgan fingerprint density at radius 1 is 0.691 bits per heavy atom. The molecular weight excluding hydrogens is 943 g/mol. The number of pyridine rings is 2. The normalized spacial score (nSPS) is 14.9. The number of piperazine rings is 2. The number of rotatable bonds is 6. The Morgan fingerprint density at radius 2 is 1.20 bits per heavy atom. The van der Waals surface area contributed by atoms with Gasteiger partial charge in [-0.3, -0.25) is 9.59 Å². The topological polar surface area (TPSA) is 146 Å². The van der Waals surface area contributed by atoms with Gasteiger partial charge in [-0.05, 0) is 106 Å². The number of fused-ring (bicyclic) bond motifs is 2. The summed E-state index contributed by atoms with van der Waals surface area (Å²) >= 11 is 8.95. The number of aromatic nitrogens is 6. The molecular formula is C38H43Br2IN12O2. The van der Waals surface area contributed by atoms with Gasteiger partial charge in [-0.25, -0.2) is 14.0 Å². The van der Waals surface area contributed by atoms with Crippen LogP contribution in [0.3, 0.4) is 0 Å². The van der Waals surface area contributed by atoms with E-state index in [0.717, 1.165) is 93.2 Å². The Labute approximate surface area is 350 Å². The van der Waals surface area contributed by atoms with Crippen LogP contribution in [0.25, 0.3) is 11.3 Å². The molecule has 14 nitrogen and oxygen atoms in total. The second-order valence-corrected chi connectivity index (χ2v) is 16.0. The van der Waals surface area contributed by atoms with Gasteiger partial charge >= 0.3 is 0 Å². The number of benzene rings is 2. The summed E-state index contributed by atoms with van der Waals surface area (Å²) in [5.41, 5.74) is 10.9. The summed E-state index contributed by atoms with van der Waals surface area (Å²) in [7, 11) is 4.17. The molecule has 6 aromatic rings. The van der Waals surface area contributed by atoms with Crippen LogP contribution in [0.15, 0.2) is 94.1 Å². The standard InChI is InChI=1S/C19H21BrN6O.C13H19N3O.C6H3BrIN3/c1-24-8-10-25(11-9-24)17(27)13-14-4-2-5-15(12-14)21-19-22-18-16(20)6-3-7-26(18)23-19;1-15-5-7-16(8-6-15)13(17)10-11-3-2-4-12(14)9-11;7-4-2-1-3-11-5(4)9-6(8)10-11/h2-7,12H,8-11,13H2,1H3,(H,21,23);2-4,9H,5-8,10,14H2,1H3;1-3H. The Bertz CT molecular complexity index is 2230. The Hall–Kier alpha value is -4.17. The number of hydrogen-bond acceptors (Lipinski definition) is 10. The molecule has 4 aromatic heterocycles. The Morgan fingerprint density at radius 3 is 1.73 bits per heavy atom. The van der Waals surface area contributed by atoms with Gasteiger partial charge < -0.3 is 30.7 Å². The molecule has 2 saturated heterocycles. The van der Waals surface area contributed by atoms with Crippen LogP contribution in [-0.4, -0.2) is 127 Å². The first-order valence-corrected chi connectivity index (χ1v) is 20.5. The van der Waals surface area contributed by atoms with Gasteiger partial charge in [0, 0.05) is 98.7 Å². The summed E-state index contributed by atoms with van der Waals surface area (Å²) in [6, 6.07) is 23.1. The average molecular weight is 987 g/mol. The second kappa shape index (κ2) is 19.1. The molecule has 17 heteroatoms. The van der Waals surface area contributed by atoms with Gasteiger partial charge in [-0.1, -0.05) is 24.3 Å². The van der Waals surface area contributed by atoms with Crippen molar-refractivity contribution >= 4 is 94.9 Å². The van der Waals surface area contributed by atoms with Crippen molar-refractivity contribution in [1.29, 1.82) is 0 Å². The number of amides is 2. The molecule has 6 heterocycles. The van der Waals surface area contributed by atoms with E-state index >= 15 is 0 Å². The number of nitrogens with two attached hydrogens (primary N) is 1. The van der Waals surface area contributed by atoms with Gasteiger partial charge in [0.25, 0.3) is 0 Å². The molecule has 288 valence electrons. The van der Waals surface area contributed by atoms with Crippen molar-refractivity contribution in [3.8, 4) is 0 Å². The number of carbonyl (C=O) groups excluding carboxylic acids is 2. The highest BCUT2D eigenvalue weighted by atomic mass is 127. The third-order valence-electron chi connectivity index (χ3n) is 9.16. The largest absolute Gasteiger partial charge is 0.399 e. The summed E-state index contributed by atoms with van der Waals surface area (Å²) in [4.78, 5) is 41.7. The molecule has 0 unspecified atom stereocenters. The second-order valence-electron chi connectivity index (χ2n) is 13.4. The summed E-state index contributed by atoms with van der Waals surface area (Å²) < 4.78 is 6.07. The number of likely N-dealkylation sites (N-methyl/N-ethyl adjacent to an activating group) is 2. The van der Waals surface area contributed by atoms with Crippen molar-refractivity contribution in [2.75, 3.05) is 77.5 Å². The van der Waals surface area contributed by atoms with Crippen LogP contribution in [0.4, 0.5) is 17.3 Å². The third kappa shape index (κ3) is 11.4. The van der Waals surface area contributed by atoms with Crippen LogP contribution in [0, 0.1) is 3.83 Å². The lowest BCUT2D eigenvalue weighted by Crippen LogP contribution is -2.47. The molecule has 2 aliphatic heterocycles. The van der Waals surface area contributed by atoms with Crippen molar-refractivity contribution in [3.63, 3.8) is 0 Å². The predicted octanol–water partition coefficient (Wildman–Crippen LogP) is 5.23. The number of nitrogens with zero attached hydrogens (tertiary/aromatic N) is 10. The molecule has 8 rings (SSSR count). The minimum absolute atomic E-state index is 0.176. The fourth-order valence-corrected chi connectivity index (χ4v) is 7.36. The molecule has 0 atom stereocenters. The van der Waals surface area contributed by atoms with Crippen LogP contribution in [0.1, 0.15) is 11.1 Å². The van der Waals surface area contributed by atoms with E-state index in [-0.39, 0.29) is 11.8 Å². The van der Waals surface area contributed by atoms with E-state index in [2.05, 4.69) is 104 Å². The van der Waals surface area contributed by atoms with Gasteiger partial charge in [-0.15, -0.1) is 10.2 Å². The molecule has 0 bridgehead atoms. The predicted molar refractivity (Wildman–Crippen MR) is 230 cm³/mol. The van der Waals surface area contributed by atoms with E-state index in [4.69, 9.17) is 5.73 Å². The highest BCUT2D eigenvalue weighted by Crippen LogP contribution is 2.21. The maximum Gasteiger partial charge on any atom is 0.247 e. The Kier molecular flexibility index (Phi) is 14.1. The molecule has 2 amide bonds. The van der Waals surface area contributed by atoms with E-state index in [0.29, 0.717) is 24.5 Å². The van der Waals surface area contributed by atoms with E-state index in [1.807, 2.05) is 95.0 Å². The zero-order valence-electron chi connectivity index (χ0n) is 30.7. The van der Waals surface area contributed by atoms with Gasteiger partial charge in [-0.2, -0.15) is 4.98 Å². The SMILES string of the molecule is Brc1cccn2nc(I)nc12.CN1CCN(C(=O)Cc2cccc(N)c2)CC1.CN1CCN(C(=O)Cc2cccc(Nc3nc4c(Br)cccn4n3)c2)CC1. The number of anilines is 3. The molecule has 0 spiro atoms. The number of hydrogen-bond donors (Lipinski definition) is 2. The third-order valence-corrected chi connectivity index (χ3v) is 10.9. The highest BCUT2D eigenvalue weighted by molar-refractivity contribution is 14.1. The summed E-state index contributed by atoms with van der Waals surface area (Å²) in [6.45, 7) is 7.05. The lowest BCUT2D eigenvalue weighted by Gasteiger charge is -2.32. The van der Waals surface area contributed by atoms with Crippen molar-refractivity contribution in [2.45, 2.75) is 12.8 Å². The number of nitrogens with one attached hydrogen (secondary N) is 1. The molecule has 2 fully saturated rings. The Balaban J connectivity index is 0.000000156. The number of halogens is 3. The molecule has 0 saturated carbocycles. The zero-order chi connectivity index (χ0) is 38.9. The monoisotopic (exact) mass is 984 g/mol. The fraction of sp³-hybridized carbons (Fsp3) is 0.316. The minimum atomic E-state index is 0.176. The number of nitrogen functional groups attached to an aromatic ring is 1. The van der Waals surface area contributed by atoms with Gasteiger partial charge in [0.05, 0.1) is 21.8 Å². The lowest BCUT2D eigenvalue weighted by atomic mass is 10.1. The van der Waals surface area contributed by atoms with Crippen LogP contribution < -0.4 is 11.1 Å². The van der Waals surface area contributed by atoms with E-state index in [1.165, 1.54) is 0 Å². The first-order valence-electron chi connectivity index (χ1n) is 17.8. The smallest absolute Gasteiger partial charge is 0.247 e. The zero-order valence-corrected chi connectivity index (χ0v) is 36.0. The van der Waals surface area contributed by atoms with Crippen LogP contribution in [0.5, 0.6) is 0 Å². The quantitative estimate of drug-likeness (QED) is 0.168. The van der Waals surface area contributed by atoms with Crippen molar-refractivity contribution in [3.05, 3.63) is 109 Å². The maximum absolute atomic E-state index is 12.6. The van der Waals surface area contributed by atoms with Crippen LogP contribution in [-0.2, 0) is 22.4 Å². The molecule has 55 heavy (non-hydrogen) atoms. The molecule has 0 radical (unpaired) electrons. The molecule has 0 aliphatic carbocycles. The van der Waals surface area contributed by atoms with E-state index in [9.17, 15) is 9.59 Å². The van der Waals surface area contributed by atoms with Crippen molar-refractivity contribution in [2.24, 2.45) is 0 Å². The first kappa shape index (κ1) is 40.5. The van der Waals surface area contributed by atoms with Gasteiger partial charge in [0.2, 0.25) is 21.6 Å². The summed E-state index contributed by atoms with van der Waals surface area (Å²) in [6.07, 6.45) is 4.58. The van der Waals surface area contributed by atoms with Crippen LogP contribution in [0.2, 0.25) is 0 Å². The fourth-order valence-electron chi connectivity index (χ4n) is 6.05. The highest BCUT2D eigenvalue weighted by Gasteiger charge is 2.20. The molecule has 2 aliphatic rings. The van der Waals surface area contributed by atoms with E-state index < -0.39 is 0 Å². The lowest BCUT2D eigenvalue weighted by molar-refractivity contribution is -0.132. The maximum atomic E-state index is 12.6. The summed E-state index contributed by atoms with van der Waals surface area (Å²) in [5, 5.41) is 11.8. The van der Waals surface area contributed by atoms with Crippen molar-refractivity contribution < 1.29 is 9.59 Å². The minimum Gasteiger partial charge on any atom is -0.399 e. The van der Waals surface area contributed by atoms with Gasteiger partial charge in [0.1, 0.15) is 0 Å². The molecule has 2 aromatic carbocycles.